The molecule has 0 aliphatic carbocycles. The molecule has 0 aliphatic rings. The van der Waals surface area contributed by atoms with Crippen molar-refractivity contribution in [2.75, 3.05) is 19.7 Å². The fraction of sp³-hybridized carbons (Fsp3) is 0.571. The monoisotopic (exact) mass is 299 g/mol. The van der Waals surface area contributed by atoms with E-state index in [1.165, 1.54) is 19.3 Å². The minimum atomic E-state index is 0.810. The van der Waals surface area contributed by atoms with E-state index in [2.05, 4.69) is 28.2 Å². The lowest BCUT2D eigenvalue weighted by atomic mass is 10.2. The Morgan fingerprint density at radius 2 is 2.06 bits per heavy atom. The summed E-state index contributed by atoms with van der Waals surface area (Å²) >= 11 is 3.43. The van der Waals surface area contributed by atoms with Crippen LogP contribution >= 0.6 is 15.9 Å². The summed E-state index contributed by atoms with van der Waals surface area (Å²) in [5.41, 5.74) is 0. The molecule has 1 N–H and O–H groups in total. The standard InChI is InChI=1S/C14H22BrNO/c1-2-9-16-10-4-3-5-11-17-14-8-6-7-13(15)12-14/h6-8,12,16H,2-5,9-11H2,1H3. The van der Waals surface area contributed by atoms with Crippen molar-refractivity contribution in [1.82, 2.24) is 5.32 Å². The van der Waals surface area contributed by atoms with Crippen molar-refractivity contribution in [3.8, 4) is 5.75 Å². The molecule has 1 aromatic carbocycles. The summed E-state index contributed by atoms with van der Waals surface area (Å²) in [7, 11) is 0. The van der Waals surface area contributed by atoms with Gasteiger partial charge in [0.2, 0.25) is 0 Å². The number of hydrogen-bond donors (Lipinski definition) is 1. The van der Waals surface area contributed by atoms with Gasteiger partial charge in [0, 0.05) is 4.47 Å². The molecule has 0 saturated carbocycles. The molecule has 0 aromatic heterocycles. The van der Waals surface area contributed by atoms with Crippen LogP contribution in [0.25, 0.3) is 0 Å². The fourth-order valence-corrected chi connectivity index (χ4v) is 1.96. The van der Waals surface area contributed by atoms with Crippen LogP contribution in [0.4, 0.5) is 0 Å². The van der Waals surface area contributed by atoms with Gasteiger partial charge in [0.25, 0.3) is 0 Å². The summed E-state index contributed by atoms with van der Waals surface area (Å²) in [6.45, 7) is 5.27. The molecule has 3 heteroatoms. The Kier molecular flexibility index (Phi) is 8.10. The van der Waals surface area contributed by atoms with E-state index in [4.69, 9.17) is 4.74 Å². The maximum atomic E-state index is 5.66. The van der Waals surface area contributed by atoms with Crippen LogP contribution in [0.2, 0.25) is 0 Å². The van der Waals surface area contributed by atoms with Crippen LogP contribution in [-0.4, -0.2) is 19.7 Å². The smallest absolute Gasteiger partial charge is 0.120 e. The van der Waals surface area contributed by atoms with Gasteiger partial charge in [-0.05, 0) is 57.0 Å². The van der Waals surface area contributed by atoms with Gasteiger partial charge in [-0.15, -0.1) is 0 Å². The fourth-order valence-electron chi connectivity index (χ4n) is 1.58. The van der Waals surface area contributed by atoms with Crippen molar-refractivity contribution in [2.24, 2.45) is 0 Å². The van der Waals surface area contributed by atoms with Gasteiger partial charge in [-0.1, -0.05) is 28.9 Å². The minimum Gasteiger partial charge on any atom is -0.494 e. The van der Waals surface area contributed by atoms with Crippen molar-refractivity contribution in [2.45, 2.75) is 32.6 Å². The van der Waals surface area contributed by atoms with Crippen molar-refractivity contribution in [1.29, 1.82) is 0 Å². The molecule has 0 amide bonds. The van der Waals surface area contributed by atoms with Crippen LogP contribution in [0.15, 0.2) is 28.7 Å². The molecular weight excluding hydrogens is 278 g/mol. The van der Waals surface area contributed by atoms with Crippen LogP contribution in [0, 0.1) is 0 Å². The minimum absolute atomic E-state index is 0.810. The lowest BCUT2D eigenvalue weighted by molar-refractivity contribution is 0.305. The summed E-state index contributed by atoms with van der Waals surface area (Å²) in [5.74, 6) is 0.948. The number of unbranched alkanes of at least 4 members (excludes halogenated alkanes) is 2. The second-order valence-corrected chi connectivity index (χ2v) is 5.03. The lowest BCUT2D eigenvalue weighted by Crippen LogP contribution is -2.15. The number of rotatable bonds is 9. The van der Waals surface area contributed by atoms with Gasteiger partial charge in [0.1, 0.15) is 5.75 Å². The number of benzene rings is 1. The first-order valence-electron chi connectivity index (χ1n) is 6.42. The first-order chi connectivity index (χ1) is 8.33. The van der Waals surface area contributed by atoms with Gasteiger partial charge in [0.05, 0.1) is 6.61 Å². The topological polar surface area (TPSA) is 21.3 Å². The van der Waals surface area contributed by atoms with Gasteiger partial charge in [-0.2, -0.15) is 0 Å². The number of ether oxygens (including phenoxy) is 1. The molecule has 0 spiro atoms. The van der Waals surface area contributed by atoms with Crippen LogP contribution in [-0.2, 0) is 0 Å². The van der Waals surface area contributed by atoms with E-state index < -0.39 is 0 Å². The molecule has 0 fully saturated rings. The SMILES string of the molecule is CCCNCCCCCOc1cccc(Br)c1. The summed E-state index contributed by atoms with van der Waals surface area (Å²) in [6, 6.07) is 8.00. The summed E-state index contributed by atoms with van der Waals surface area (Å²) in [4.78, 5) is 0. The van der Waals surface area contributed by atoms with E-state index in [1.807, 2.05) is 24.3 Å². The predicted octanol–water partition coefficient (Wildman–Crippen LogP) is 4.00. The van der Waals surface area contributed by atoms with Crippen LogP contribution < -0.4 is 10.1 Å². The van der Waals surface area contributed by atoms with Gasteiger partial charge in [-0.25, -0.2) is 0 Å². The molecule has 0 bridgehead atoms. The van der Waals surface area contributed by atoms with E-state index in [9.17, 15) is 0 Å². The third-order valence-corrected chi connectivity index (χ3v) is 2.98. The van der Waals surface area contributed by atoms with Gasteiger partial charge in [0.15, 0.2) is 0 Å². The van der Waals surface area contributed by atoms with E-state index in [-0.39, 0.29) is 0 Å². The lowest BCUT2D eigenvalue weighted by Gasteiger charge is -2.06. The zero-order valence-electron chi connectivity index (χ0n) is 10.5. The molecule has 1 rings (SSSR count). The Morgan fingerprint density at radius 1 is 1.18 bits per heavy atom. The highest BCUT2D eigenvalue weighted by Gasteiger charge is 1.95. The Hall–Kier alpha value is -0.540. The van der Waals surface area contributed by atoms with E-state index in [1.54, 1.807) is 0 Å². The van der Waals surface area contributed by atoms with Gasteiger partial charge < -0.3 is 10.1 Å². The third-order valence-electron chi connectivity index (χ3n) is 2.49. The average molecular weight is 300 g/mol. The molecule has 0 atom stereocenters. The van der Waals surface area contributed by atoms with E-state index in [0.717, 1.165) is 36.3 Å². The average Bonchev–Trinajstić information content (AvgIpc) is 2.33. The Bertz CT molecular complexity index is 304. The van der Waals surface area contributed by atoms with Gasteiger partial charge >= 0.3 is 0 Å². The molecule has 0 saturated heterocycles. The molecular formula is C14H22BrNO. The first kappa shape index (κ1) is 14.5. The molecule has 2 nitrogen and oxygen atoms in total. The molecule has 0 radical (unpaired) electrons. The third kappa shape index (κ3) is 7.40. The highest BCUT2D eigenvalue weighted by Crippen LogP contribution is 2.17. The molecule has 0 aliphatic heterocycles. The Balaban J connectivity index is 1.97. The Labute approximate surface area is 113 Å². The zero-order valence-corrected chi connectivity index (χ0v) is 12.1. The maximum Gasteiger partial charge on any atom is 0.120 e. The second-order valence-electron chi connectivity index (χ2n) is 4.12. The maximum absolute atomic E-state index is 5.66. The van der Waals surface area contributed by atoms with Crippen LogP contribution in [0.3, 0.4) is 0 Å². The molecule has 17 heavy (non-hydrogen) atoms. The van der Waals surface area contributed by atoms with Gasteiger partial charge in [-0.3, -0.25) is 0 Å². The highest BCUT2D eigenvalue weighted by atomic mass is 79.9. The summed E-state index contributed by atoms with van der Waals surface area (Å²) in [6.07, 6.45) is 4.80. The van der Waals surface area contributed by atoms with E-state index in [0.29, 0.717) is 0 Å². The van der Waals surface area contributed by atoms with Crippen molar-refractivity contribution in [3.05, 3.63) is 28.7 Å². The quantitative estimate of drug-likeness (QED) is 0.696. The molecule has 0 heterocycles. The number of nitrogens with one attached hydrogen (secondary N) is 1. The number of hydrogen-bond acceptors (Lipinski definition) is 2. The van der Waals surface area contributed by atoms with Crippen molar-refractivity contribution in [3.63, 3.8) is 0 Å². The Morgan fingerprint density at radius 3 is 2.82 bits per heavy atom. The number of halogens is 1. The normalized spacial score (nSPS) is 10.5. The summed E-state index contributed by atoms with van der Waals surface area (Å²) < 4.78 is 6.73. The zero-order chi connectivity index (χ0) is 12.3. The first-order valence-corrected chi connectivity index (χ1v) is 7.21. The van der Waals surface area contributed by atoms with Crippen LogP contribution in [0.5, 0.6) is 5.75 Å². The largest absolute Gasteiger partial charge is 0.494 e. The highest BCUT2D eigenvalue weighted by molar-refractivity contribution is 9.10. The van der Waals surface area contributed by atoms with Crippen LogP contribution in [0.1, 0.15) is 32.6 Å². The van der Waals surface area contributed by atoms with E-state index >= 15 is 0 Å². The molecule has 96 valence electrons. The summed E-state index contributed by atoms with van der Waals surface area (Å²) in [5, 5.41) is 3.40. The second kappa shape index (κ2) is 9.49. The van der Waals surface area contributed by atoms with Crippen molar-refractivity contribution < 1.29 is 4.74 Å². The molecule has 1 aromatic rings. The van der Waals surface area contributed by atoms with Crippen molar-refractivity contribution >= 4 is 15.9 Å². The predicted molar refractivity (Wildman–Crippen MR) is 76.6 cm³/mol. The molecule has 0 unspecified atom stereocenters.